The number of carbonyl (C=O) groups excluding carboxylic acids is 1. The number of aromatic carboxylic acids is 1. The first kappa shape index (κ1) is 24.0. The molecule has 5 rings (SSSR count). The van der Waals surface area contributed by atoms with Gasteiger partial charge in [-0.15, -0.1) is 0 Å². The van der Waals surface area contributed by atoms with Crippen LogP contribution in [-0.4, -0.2) is 27.0 Å². The van der Waals surface area contributed by atoms with Gasteiger partial charge in [0.2, 0.25) is 5.91 Å². The number of hydrogen-bond acceptors (Lipinski definition) is 3. The summed E-state index contributed by atoms with van der Waals surface area (Å²) in [6.07, 6.45) is 2.55. The average Bonchev–Trinajstić information content (AvgIpc) is 3.16. The van der Waals surface area contributed by atoms with Crippen LogP contribution >= 0.6 is 0 Å². The van der Waals surface area contributed by atoms with Gasteiger partial charge in [-0.25, -0.2) is 4.79 Å². The van der Waals surface area contributed by atoms with Gasteiger partial charge in [-0.05, 0) is 54.7 Å². The topological polar surface area (TPSA) is 126 Å². The molecular formula is C28H28N2O5. The monoisotopic (exact) mass is 472 g/mol. The van der Waals surface area contributed by atoms with Crippen LogP contribution in [0.25, 0.3) is 10.9 Å². The molecule has 1 atom stereocenters. The summed E-state index contributed by atoms with van der Waals surface area (Å²) in [6, 6.07) is 23.0. The molecule has 7 nitrogen and oxygen atoms in total. The van der Waals surface area contributed by atoms with E-state index >= 15 is 0 Å². The van der Waals surface area contributed by atoms with Gasteiger partial charge < -0.3 is 25.6 Å². The van der Waals surface area contributed by atoms with Gasteiger partial charge in [-0.1, -0.05) is 48.5 Å². The molecule has 1 aliphatic carbocycles. The predicted octanol–water partition coefficient (Wildman–Crippen LogP) is 4.05. The third kappa shape index (κ3) is 4.63. The van der Waals surface area contributed by atoms with Crippen molar-refractivity contribution < 1.29 is 24.9 Å². The molecular weight excluding hydrogens is 444 g/mol. The molecule has 0 bridgehead atoms. The van der Waals surface area contributed by atoms with Crippen molar-refractivity contribution in [2.45, 2.75) is 38.3 Å². The third-order valence-electron chi connectivity index (χ3n) is 6.61. The lowest BCUT2D eigenvalue weighted by atomic mass is 9.84. The quantitative estimate of drug-likeness (QED) is 0.421. The van der Waals surface area contributed by atoms with Gasteiger partial charge in [-0.2, -0.15) is 0 Å². The molecule has 0 fully saturated rings. The average molecular weight is 473 g/mol. The van der Waals surface area contributed by atoms with Crippen molar-refractivity contribution in [3.05, 3.63) is 101 Å². The molecule has 1 unspecified atom stereocenters. The summed E-state index contributed by atoms with van der Waals surface area (Å²) in [7, 11) is 0. The first-order chi connectivity index (χ1) is 16.5. The molecule has 35 heavy (non-hydrogen) atoms. The summed E-state index contributed by atoms with van der Waals surface area (Å²) in [5.74, 6) is -0.986. The van der Waals surface area contributed by atoms with Crippen LogP contribution < -0.4 is 10.5 Å². The molecule has 4 aromatic rings. The fraction of sp³-hybridized carbons (Fsp3) is 0.214. The Balaban J connectivity index is 0.00000289. The minimum atomic E-state index is -0.981. The minimum absolute atomic E-state index is 0. The summed E-state index contributed by atoms with van der Waals surface area (Å²) in [6.45, 7) is 0.852. The lowest BCUT2D eigenvalue weighted by Crippen LogP contribution is -2.25. The number of hydrogen-bond donors (Lipinski definition) is 2. The first-order valence-electron chi connectivity index (χ1n) is 11.4. The van der Waals surface area contributed by atoms with E-state index < -0.39 is 5.97 Å². The lowest BCUT2D eigenvalue weighted by Gasteiger charge is -2.22. The third-order valence-corrected chi connectivity index (χ3v) is 6.61. The van der Waals surface area contributed by atoms with Gasteiger partial charge in [0.05, 0.1) is 11.5 Å². The van der Waals surface area contributed by atoms with E-state index in [4.69, 9.17) is 10.5 Å². The van der Waals surface area contributed by atoms with Crippen LogP contribution in [0.4, 0.5) is 0 Å². The van der Waals surface area contributed by atoms with Crippen molar-refractivity contribution in [2.24, 2.45) is 5.73 Å². The zero-order valence-electron chi connectivity index (χ0n) is 19.2. The van der Waals surface area contributed by atoms with Crippen LogP contribution in [0.1, 0.15) is 51.5 Å². The van der Waals surface area contributed by atoms with Gasteiger partial charge in [0.1, 0.15) is 12.4 Å². The van der Waals surface area contributed by atoms with Crippen molar-refractivity contribution in [3.63, 3.8) is 0 Å². The molecule has 5 N–H and O–H groups in total. The van der Waals surface area contributed by atoms with Crippen LogP contribution in [-0.2, 0) is 24.4 Å². The van der Waals surface area contributed by atoms with Crippen molar-refractivity contribution in [3.8, 4) is 5.75 Å². The Morgan fingerprint density at radius 1 is 1.03 bits per heavy atom. The molecule has 0 aliphatic heterocycles. The summed E-state index contributed by atoms with van der Waals surface area (Å²) in [5.41, 5.74) is 11.0. The van der Waals surface area contributed by atoms with Gasteiger partial charge in [0.15, 0.2) is 0 Å². The Hall–Kier alpha value is -4.10. The molecule has 1 aliphatic rings. The summed E-state index contributed by atoms with van der Waals surface area (Å²) in [4.78, 5) is 23.9. The van der Waals surface area contributed by atoms with Crippen LogP contribution in [0.15, 0.2) is 72.8 Å². The van der Waals surface area contributed by atoms with Crippen LogP contribution in [0.5, 0.6) is 5.75 Å². The first-order valence-corrected chi connectivity index (χ1v) is 11.4. The van der Waals surface area contributed by atoms with E-state index in [0.717, 1.165) is 41.4 Å². The van der Waals surface area contributed by atoms with Crippen LogP contribution in [0.3, 0.4) is 0 Å². The predicted molar refractivity (Wildman–Crippen MR) is 134 cm³/mol. The summed E-state index contributed by atoms with van der Waals surface area (Å²) < 4.78 is 8.31. The van der Waals surface area contributed by atoms with E-state index in [9.17, 15) is 14.7 Å². The molecule has 1 aromatic heterocycles. The standard InChI is InChI=1S/C28H26N2O4.H2O/c29-27(31)22-11-6-12-25-26(22)23-15-20(34-17-19-9-4-5-10-21(19)28(32)33)13-14-24(23)30(25)16-18-7-2-1-3-8-18;/h1-5,7-10,13-15,22H,6,11-12,16-17H2,(H2,29,31)(H,32,33);1H2. The second kappa shape index (κ2) is 10.0. The second-order valence-corrected chi connectivity index (χ2v) is 8.71. The Labute approximate surface area is 203 Å². The number of aromatic nitrogens is 1. The fourth-order valence-corrected chi connectivity index (χ4v) is 5.03. The van der Waals surface area contributed by atoms with Crippen LogP contribution in [0.2, 0.25) is 0 Å². The SMILES string of the molecule is NC(=O)C1CCCc2c1c1cc(OCc3ccccc3C(=O)O)ccc1n2Cc1ccccc1.O. The van der Waals surface area contributed by atoms with E-state index in [1.54, 1.807) is 24.3 Å². The van der Waals surface area contributed by atoms with Crippen LogP contribution in [0, 0.1) is 0 Å². The highest BCUT2D eigenvalue weighted by Crippen LogP contribution is 2.40. The zero-order chi connectivity index (χ0) is 23.7. The molecule has 1 amide bonds. The Kier molecular flexibility index (Phi) is 6.89. The number of primary amides is 1. The maximum atomic E-state index is 12.4. The van der Waals surface area contributed by atoms with E-state index in [0.29, 0.717) is 17.9 Å². The van der Waals surface area contributed by atoms with Gasteiger partial charge in [0.25, 0.3) is 0 Å². The lowest BCUT2D eigenvalue weighted by molar-refractivity contribution is -0.119. The molecule has 0 saturated heterocycles. The number of carboxylic acid groups (broad SMARTS) is 1. The number of carboxylic acids is 1. The van der Waals surface area contributed by atoms with Crippen molar-refractivity contribution in [1.29, 1.82) is 0 Å². The Morgan fingerprint density at radius 2 is 1.77 bits per heavy atom. The van der Waals surface area contributed by atoms with Gasteiger partial charge in [-0.3, -0.25) is 4.79 Å². The smallest absolute Gasteiger partial charge is 0.336 e. The van der Waals surface area contributed by atoms with E-state index in [1.165, 1.54) is 5.56 Å². The van der Waals surface area contributed by atoms with E-state index in [-0.39, 0.29) is 29.5 Å². The summed E-state index contributed by atoms with van der Waals surface area (Å²) >= 11 is 0. The number of nitrogens with zero attached hydrogens (tertiary/aromatic N) is 1. The minimum Gasteiger partial charge on any atom is -0.489 e. The normalized spacial score (nSPS) is 14.7. The number of benzene rings is 3. The largest absolute Gasteiger partial charge is 0.489 e. The maximum Gasteiger partial charge on any atom is 0.336 e. The van der Waals surface area contributed by atoms with E-state index in [2.05, 4.69) is 16.7 Å². The number of rotatable bonds is 7. The molecule has 0 saturated carbocycles. The Morgan fingerprint density at radius 3 is 2.51 bits per heavy atom. The zero-order valence-corrected chi connectivity index (χ0v) is 19.2. The highest BCUT2D eigenvalue weighted by atomic mass is 16.5. The molecule has 7 heteroatoms. The molecule has 1 heterocycles. The molecule has 3 aromatic carbocycles. The number of nitrogens with two attached hydrogens (primary N) is 1. The van der Waals surface area contributed by atoms with Gasteiger partial charge in [0, 0.05) is 28.7 Å². The highest BCUT2D eigenvalue weighted by molar-refractivity contribution is 5.94. The molecule has 0 radical (unpaired) electrons. The van der Waals surface area contributed by atoms with Crippen molar-refractivity contribution >= 4 is 22.8 Å². The van der Waals surface area contributed by atoms with E-state index in [1.807, 2.05) is 36.4 Å². The number of amides is 1. The Bertz CT molecular complexity index is 1380. The second-order valence-electron chi connectivity index (χ2n) is 8.71. The van der Waals surface area contributed by atoms with Crippen molar-refractivity contribution in [1.82, 2.24) is 4.57 Å². The maximum absolute atomic E-state index is 12.4. The number of carbonyl (C=O) groups is 2. The number of fused-ring (bicyclic) bond motifs is 3. The number of ether oxygens (including phenoxy) is 1. The molecule has 180 valence electrons. The molecule has 0 spiro atoms. The van der Waals surface area contributed by atoms with Crippen molar-refractivity contribution in [2.75, 3.05) is 0 Å². The van der Waals surface area contributed by atoms with Gasteiger partial charge >= 0.3 is 5.97 Å². The fourth-order valence-electron chi connectivity index (χ4n) is 5.03. The highest BCUT2D eigenvalue weighted by Gasteiger charge is 2.31. The summed E-state index contributed by atoms with van der Waals surface area (Å²) in [5, 5.41) is 10.4.